The SMILES string of the molecule is C=C([Si](OC(C)(C)C)c1ccccc1)C(C)(C)C. The summed E-state index contributed by atoms with van der Waals surface area (Å²) in [5.74, 6) is 0. The van der Waals surface area contributed by atoms with Crippen molar-refractivity contribution in [1.29, 1.82) is 0 Å². The van der Waals surface area contributed by atoms with Gasteiger partial charge in [0, 0.05) is 5.60 Å². The smallest absolute Gasteiger partial charge is 0.279 e. The summed E-state index contributed by atoms with van der Waals surface area (Å²) in [5.41, 5.74) is -0.0618. The van der Waals surface area contributed by atoms with E-state index in [-0.39, 0.29) is 11.0 Å². The Hall–Kier alpha value is -0.863. The Morgan fingerprint density at radius 3 is 1.89 bits per heavy atom. The van der Waals surface area contributed by atoms with Gasteiger partial charge < -0.3 is 4.43 Å². The molecule has 0 aromatic heterocycles. The predicted octanol–water partition coefficient (Wildman–Crippen LogP) is 3.84. The van der Waals surface area contributed by atoms with Crippen molar-refractivity contribution in [1.82, 2.24) is 0 Å². The highest BCUT2D eigenvalue weighted by Crippen LogP contribution is 2.27. The van der Waals surface area contributed by atoms with Crippen molar-refractivity contribution >= 4 is 14.2 Å². The van der Waals surface area contributed by atoms with Crippen LogP contribution >= 0.6 is 0 Å². The fourth-order valence-electron chi connectivity index (χ4n) is 1.53. The van der Waals surface area contributed by atoms with E-state index in [0.29, 0.717) is 0 Å². The van der Waals surface area contributed by atoms with Crippen LogP contribution in [0, 0.1) is 5.41 Å². The lowest BCUT2D eigenvalue weighted by Crippen LogP contribution is -2.44. The predicted molar refractivity (Wildman–Crippen MR) is 81.3 cm³/mol. The number of hydrogen-bond donors (Lipinski definition) is 0. The molecular formula is C16H25OSi. The number of allylic oxidation sites excluding steroid dienone is 1. The van der Waals surface area contributed by atoms with Crippen LogP contribution < -0.4 is 5.19 Å². The van der Waals surface area contributed by atoms with Gasteiger partial charge in [-0.2, -0.15) is 0 Å². The Morgan fingerprint density at radius 1 is 1.00 bits per heavy atom. The van der Waals surface area contributed by atoms with E-state index in [2.05, 4.69) is 72.4 Å². The summed E-state index contributed by atoms with van der Waals surface area (Å²) < 4.78 is 6.31. The van der Waals surface area contributed by atoms with Crippen molar-refractivity contribution in [3.63, 3.8) is 0 Å². The minimum atomic E-state index is -1.21. The molecule has 0 saturated carbocycles. The maximum atomic E-state index is 6.31. The molecule has 0 aliphatic heterocycles. The lowest BCUT2D eigenvalue weighted by molar-refractivity contribution is 0.133. The number of rotatable bonds is 3. The molecule has 1 aromatic carbocycles. The van der Waals surface area contributed by atoms with Crippen molar-refractivity contribution in [2.75, 3.05) is 0 Å². The summed E-state index contributed by atoms with van der Waals surface area (Å²) in [7, 11) is -1.21. The fraction of sp³-hybridized carbons (Fsp3) is 0.500. The van der Waals surface area contributed by atoms with Crippen LogP contribution in [0.5, 0.6) is 0 Å². The van der Waals surface area contributed by atoms with Gasteiger partial charge in [0.25, 0.3) is 9.04 Å². The molecule has 1 nitrogen and oxygen atoms in total. The van der Waals surface area contributed by atoms with Crippen LogP contribution in [0.1, 0.15) is 41.5 Å². The van der Waals surface area contributed by atoms with Crippen molar-refractivity contribution in [3.8, 4) is 0 Å². The average molecular weight is 261 g/mol. The first-order valence-corrected chi connectivity index (χ1v) is 7.83. The Kier molecular flexibility index (Phi) is 4.57. The van der Waals surface area contributed by atoms with Crippen LogP contribution in [0.4, 0.5) is 0 Å². The Labute approximate surface area is 114 Å². The van der Waals surface area contributed by atoms with Gasteiger partial charge in [-0.05, 0) is 31.4 Å². The zero-order valence-corrected chi connectivity index (χ0v) is 13.5. The van der Waals surface area contributed by atoms with Crippen molar-refractivity contribution in [2.24, 2.45) is 5.41 Å². The third kappa shape index (κ3) is 4.43. The first kappa shape index (κ1) is 15.2. The van der Waals surface area contributed by atoms with Crippen LogP contribution in [-0.4, -0.2) is 14.6 Å². The van der Waals surface area contributed by atoms with E-state index in [4.69, 9.17) is 4.43 Å². The van der Waals surface area contributed by atoms with E-state index in [0.717, 1.165) is 0 Å². The molecule has 0 spiro atoms. The molecule has 0 aliphatic rings. The highest BCUT2D eigenvalue weighted by Gasteiger charge is 2.31. The molecule has 0 atom stereocenters. The molecule has 99 valence electrons. The zero-order chi connectivity index (χ0) is 14.0. The first-order valence-electron chi connectivity index (χ1n) is 6.42. The molecule has 0 fully saturated rings. The van der Waals surface area contributed by atoms with Gasteiger partial charge in [-0.25, -0.2) is 0 Å². The normalized spacial score (nSPS) is 12.8. The van der Waals surface area contributed by atoms with Gasteiger partial charge in [0.05, 0.1) is 0 Å². The van der Waals surface area contributed by atoms with Gasteiger partial charge in [0.2, 0.25) is 0 Å². The largest absolute Gasteiger partial charge is 0.403 e. The second-order valence-electron chi connectivity index (χ2n) is 6.64. The average Bonchev–Trinajstić information content (AvgIpc) is 2.24. The second kappa shape index (κ2) is 5.41. The van der Waals surface area contributed by atoms with Crippen LogP contribution in [0.3, 0.4) is 0 Å². The highest BCUT2D eigenvalue weighted by molar-refractivity contribution is 6.74. The van der Waals surface area contributed by atoms with E-state index in [1.54, 1.807) is 0 Å². The molecule has 1 aromatic rings. The molecule has 1 radical (unpaired) electrons. The molecule has 0 heterocycles. The summed E-state index contributed by atoms with van der Waals surface area (Å²) in [6.07, 6.45) is 0. The van der Waals surface area contributed by atoms with Gasteiger partial charge in [-0.15, -0.1) is 6.58 Å². The molecule has 2 heteroatoms. The van der Waals surface area contributed by atoms with Crippen LogP contribution in [0.2, 0.25) is 0 Å². The molecule has 0 aliphatic carbocycles. The summed E-state index contributed by atoms with van der Waals surface area (Å²) in [6.45, 7) is 17.2. The maximum Gasteiger partial charge on any atom is 0.279 e. The van der Waals surface area contributed by atoms with E-state index >= 15 is 0 Å². The quantitative estimate of drug-likeness (QED) is 0.751. The third-order valence-corrected chi connectivity index (χ3v) is 5.60. The minimum absolute atomic E-state index is 0.0788. The standard InChI is InChI=1S/C16H25OSi/c1-13(15(2,3)4)18(17-16(5,6)7)14-11-9-8-10-12-14/h8-12H,1H2,2-7H3. The monoisotopic (exact) mass is 261 g/mol. The number of hydrogen-bond acceptors (Lipinski definition) is 1. The molecular weight excluding hydrogens is 236 g/mol. The van der Waals surface area contributed by atoms with Gasteiger partial charge >= 0.3 is 0 Å². The zero-order valence-electron chi connectivity index (χ0n) is 12.5. The van der Waals surface area contributed by atoms with E-state index in [9.17, 15) is 0 Å². The van der Waals surface area contributed by atoms with Gasteiger partial charge in [0.15, 0.2) is 0 Å². The third-order valence-electron chi connectivity index (χ3n) is 2.62. The molecule has 0 unspecified atom stereocenters. The summed E-state index contributed by atoms with van der Waals surface area (Å²) >= 11 is 0. The molecule has 0 N–H and O–H groups in total. The summed E-state index contributed by atoms with van der Waals surface area (Å²) in [5, 5.41) is 2.49. The van der Waals surface area contributed by atoms with Crippen molar-refractivity contribution in [2.45, 2.75) is 47.1 Å². The lowest BCUT2D eigenvalue weighted by atomic mass is 9.97. The van der Waals surface area contributed by atoms with Crippen molar-refractivity contribution in [3.05, 3.63) is 42.1 Å². The molecule has 1 rings (SSSR count). The topological polar surface area (TPSA) is 9.23 Å². The molecule has 0 amide bonds. The van der Waals surface area contributed by atoms with Crippen LogP contribution in [-0.2, 0) is 4.43 Å². The van der Waals surface area contributed by atoms with E-state index < -0.39 is 9.04 Å². The Balaban J connectivity index is 3.08. The van der Waals surface area contributed by atoms with Crippen LogP contribution in [0.15, 0.2) is 42.1 Å². The van der Waals surface area contributed by atoms with Gasteiger partial charge in [0.1, 0.15) is 0 Å². The van der Waals surface area contributed by atoms with E-state index in [1.807, 2.05) is 6.07 Å². The lowest BCUT2D eigenvalue weighted by Gasteiger charge is -2.33. The van der Waals surface area contributed by atoms with Crippen molar-refractivity contribution < 1.29 is 4.43 Å². The fourth-order valence-corrected chi connectivity index (χ4v) is 3.91. The van der Waals surface area contributed by atoms with Gasteiger partial charge in [-0.1, -0.05) is 56.3 Å². The highest BCUT2D eigenvalue weighted by atomic mass is 28.3. The van der Waals surface area contributed by atoms with Gasteiger partial charge in [-0.3, -0.25) is 0 Å². The molecule has 0 saturated heterocycles. The Bertz CT molecular complexity index is 395. The maximum absolute atomic E-state index is 6.31. The minimum Gasteiger partial charge on any atom is -0.403 e. The molecule has 18 heavy (non-hydrogen) atoms. The number of benzene rings is 1. The Morgan fingerprint density at radius 2 is 1.50 bits per heavy atom. The second-order valence-corrected chi connectivity index (χ2v) is 8.68. The first-order chi connectivity index (χ1) is 8.11. The summed E-state index contributed by atoms with van der Waals surface area (Å²) in [4.78, 5) is 0. The van der Waals surface area contributed by atoms with E-state index in [1.165, 1.54) is 10.4 Å². The van der Waals surface area contributed by atoms with Crippen LogP contribution in [0.25, 0.3) is 0 Å². The summed E-state index contributed by atoms with van der Waals surface area (Å²) in [6, 6.07) is 10.5. The molecule has 0 bridgehead atoms.